The van der Waals surface area contributed by atoms with Gasteiger partial charge in [-0.05, 0) is 24.3 Å². The van der Waals surface area contributed by atoms with Crippen LogP contribution in [0.4, 0.5) is 0 Å². The third kappa shape index (κ3) is 8.36. The van der Waals surface area contributed by atoms with Crippen molar-refractivity contribution in [3.8, 4) is 6.07 Å². The first-order valence-electron chi connectivity index (χ1n) is 11.0. The Hall–Kier alpha value is -1.57. The molecule has 2 aromatic rings. The molecule has 2 aromatic heterocycles. The lowest BCUT2D eigenvalue weighted by atomic mass is 9.89. The quantitative estimate of drug-likeness (QED) is 0.317. The fourth-order valence-electron chi connectivity index (χ4n) is 3.55. The molecule has 0 amide bonds. The van der Waals surface area contributed by atoms with Crippen LogP contribution in [0.5, 0.6) is 0 Å². The Balaban J connectivity index is 1.49. The highest BCUT2D eigenvalue weighted by molar-refractivity contribution is 6.36. The Morgan fingerprint density at radius 2 is 1.66 bits per heavy atom. The molecule has 0 unspecified atom stereocenters. The number of rotatable bonds is 13. The summed E-state index contributed by atoms with van der Waals surface area (Å²) in [6, 6.07) is 3.95. The van der Waals surface area contributed by atoms with E-state index in [1.165, 1.54) is 64.0 Å². The smallest absolute Gasteiger partial charge is 0.143 e. The fourth-order valence-corrected chi connectivity index (χ4v) is 3.79. The maximum absolute atomic E-state index is 9.03. The largest absolute Gasteiger partial charge is 0.361 e. The van der Waals surface area contributed by atoms with Gasteiger partial charge >= 0.3 is 0 Å². The van der Waals surface area contributed by atoms with E-state index in [9.17, 15) is 0 Å². The van der Waals surface area contributed by atoms with E-state index in [2.05, 4.69) is 31.8 Å². The van der Waals surface area contributed by atoms with Gasteiger partial charge in [-0.1, -0.05) is 83.7 Å². The van der Waals surface area contributed by atoms with Gasteiger partial charge in [-0.25, -0.2) is 4.98 Å². The van der Waals surface area contributed by atoms with Crippen LogP contribution in [0.1, 0.15) is 90.5 Å². The van der Waals surface area contributed by atoms with Gasteiger partial charge in [-0.3, -0.25) is 0 Å². The van der Waals surface area contributed by atoms with Gasteiger partial charge in [0.15, 0.2) is 0 Å². The molecule has 0 radical (unpaired) electrons. The molecule has 0 saturated heterocycles. The van der Waals surface area contributed by atoms with E-state index in [0.29, 0.717) is 22.7 Å². The van der Waals surface area contributed by atoms with Crippen LogP contribution in [0.25, 0.3) is 11.0 Å². The van der Waals surface area contributed by atoms with E-state index in [1.807, 2.05) is 16.8 Å². The SMILES string of the molecule is CC(C)(C)CCCCCCCCCCCOCn1ccc2c(Cl)c(C#N)cnc21. The molecule has 0 aromatic carbocycles. The number of fused-ring (bicyclic) bond motifs is 1. The van der Waals surface area contributed by atoms with Gasteiger partial charge in [-0.2, -0.15) is 5.26 Å². The number of nitriles is 1. The molecule has 2 heterocycles. The van der Waals surface area contributed by atoms with E-state index < -0.39 is 0 Å². The van der Waals surface area contributed by atoms with E-state index in [-0.39, 0.29) is 0 Å². The van der Waals surface area contributed by atoms with Crippen LogP contribution in [0.15, 0.2) is 18.5 Å². The summed E-state index contributed by atoms with van der Waals surface area (Å²) in [6.07, 6.45) is 16.6. The molecule has 4 nitrogen and oxygen atoms in total. The normalized spacial score (nSPS) is 11.8. The standard InChI is InChI=1S/C24H36ClN3O/c1-24(2,3)14-11-9-7-5-4-6-8-10-12-16-29-19-28-15-13-21-22(25)20(17-26)18-27-23(21)28/h13,15,18H,4-12,14,16,19H2,1-3H3. The van der Waals surface area contributed by atoms with Crippen molar-refractivity contribution in [1.82, 2.24) is 9.55 Å². The zero-order valence-electron chi connectivity index (χ0n) is 18.3. The topological polar surface area (TPSA) is 50.8 Å². The molecule has 0 spiro atoms. The molecule has 0 aliphatic heterocycles. The van der Waals surface area contributed by atoms with Crippen molar-refractivity contribution in [2.45, 2.75) is 91.7 Å². The molecule has 0 aliphatic carbocycles. The zero-order chi connectivity index (χ0) is 21.1. The molecule has 160 valence electrons. The van der Waals surface area contributed by atoms with Crippen LogP contribution in [0.2, 0.25) is 5.02 Å². The van der Waals surface area contributed by atoms with Crippen molar-refractivity contribution in [2.75, 3.05) is 6.61 Å². The van der Waals surface area contributed by atoms with Crippen LogP contribution in [-0.4, -0.2) is 16.2 Å². The fraction of sp³-hybridized carbons (Fsp3) is 0.667. The van der Waals surface area contributed by atoms with Crippen molar-refractivity contribution < 1.29 is 4.74 Å². The number of ether oxygens (including phenoxy) is 1. The number of hydrogen-bond donors (Lipinski definition) is 0. The molecular weight excluding hydrogens is 382 g/mol. The Bertz CT molecular complexity index is 786. The minimum absolute atomic E-state index is 0.405. The predicted octanol–water partition coefficient (Wildman–Crippen LogP) is 7.48. The van der Waals surface area contributed by atoms with E-state index >= 15 is 0 Å². The van der Waals surface area contributed by atoms with Crippen LogP contribution in [0.3, 0.4) is 0 Å². The lowest BCUT2D eigenvalue weighted by Crippen LogP contribution is -2.03. The number of nitrogens with zero attached hydrogens (tertiary/aromatic N) is 3. The Kier molecular flexibility index (Phi) is 9.97. The Morgan fingerprint density at radius 1 is 1.03 bits per heavy atom. The Morgan fingerprint density at radius 3 is 2.28 bits per heavy atom. The number of pyridine rings is 1. The highest BCUT2D eigenvalue weighted by Crippen LogP contribution is 2.26. The number of hydrogen-bond acceptors (Lipinski definition) is 3. The van der Waals surface area contributed by atoms with Gasteiger partial charge in [0.2, 0.25) is 0 Å². The van der Waals surface area contributed by atoms with Gasteiger partial charge in [0.1, 0.15) is 18.4 Å². The highest BCUT2D eigenvalue weighted by Gasteiger charge is 2.10. The van der Waals surface area contributed by atoms with Crippen LogP contribution in [0, 0.1) is 16.7 Å². The zero-order valence-corrected chi connectivity index (χ0v) is 19.1. The van der Waals surface area contributed by atoms with E-state index in [0.717, 1.165) is 24.1 Å². The first kappa shape index (κ1) is 23.7. The van der Waals surface area contributed by atoms with Crippen LogP contribution < -0.4 is 0 Å². The van der Waals surface area contributed by atoms with Crippen molar-refractivity contribution in [3.05, 3.63) is 29.0 Å². The van der Waals surface area contributed by atoms with Crippen molar-refractivity contribution in [2.24, 2.45) is 5.41 Å². The van der Waals surface area contributed by atoms with Gasteiger partial charge < -0.3 is 9.30 Å². The van der Waals surface area contributed by atoms with Crippen molar-refractivity contribution in [3.63, 3.8) is 0 Å². The van der Waals surface area contributed by atoms with E-state index in [1.54, 1.807) is 0 Å². The number of aromatic nitrogens is 2. The lowest BCUT2D eigenvalue weighted by Gasteiger charge is -2.17. The third-order valence-electron chi connectivity index (χ3n) is 5.29. The monoisotopic (exact) mass is 417 g/mol. The Labute approximate surface area is 181 Å². The maximum Gasteiger partial charge on any atom is 0.143 e. The molecule has 0 N–H and O–H groups in total. The van der Waals surface area contributed by atoms with Gasteiger partial charge in [0.25, 0.3) is 0 Å². The summed E-state index contributed by atoms with van der Waals surface area (Å²) in [5.74, 6) is 0. The lowest BCUT2D eigenvalue weighted by molar-refractivity contribution is 0.0763. The van der Waals surface area contributed by atoms with Gasteiger partial charge in [0, 0.05) is 24.4 Å². The second kappa shape index (κ2) is 12.2. The van der Waals surface area contributed by atoms with Gasteiger partial charge in [-0.15, -0.1) is 0 Å². The third-order valence-corrected chi connectivity index (χ3v) is 5.70. The average Bonchev–Trinajstić information content (AvgIpc) is 3.09. The van der Waals surface area contributed by atoms with Crippen molar-refractivity contribution in [1.29, 1.82) is 5.26 Å². The minimum atomic E-state index is 0.405. The molecule has 0 fully saturated rings. The predicted molar refractivity (Wildman–Crippen MR) is 121 cm³/mol. The molecular formula is C24H36ClN3O. The second-order valence-electron chi connectivity index (χ2n) is 9.15. The molecule has 29 heavy (non-hydrogen) atoms. The summed E-state index contributed by atoms with van der Waals surface area (Å²) in [5.41, 5.74) is 1.65. The number of halogens is 1. The summed E-state index contributed by atoms with van der Waals surface area (Å²) in [4.78, 5) is 4.34. The summed E-state index contributed by atoms with van der Waals surface area (Å²) < 4.78 is 7.73. The first-order valence-corrected chi connectivity index (χ1v) is 11.4. The van der Waals surface area contributed by atoms with Crippen molar-refractivity contribution >= 4 is 22.6 Å². The molecule has 0 aliphatic rings. The molecule has 2 rings (SSSR count). The average molecular weight is 418 g/mol. The second-order valence-corrected chi connectivity index (χ2v) is 9.53. The molecule has 0 atom stereocenters. The van der Waals surface area contributed by atoms with Crippen LogP contribution >= 0.6 is 11.6 Å². The van der Waals surface area contributed by atoms with E-state index in [4.69, 9.17) is 21.6 Å². The maximum atomic E-state index is 9.03. The van der Waals surface area contributed by atoms with Gasteiger partial charge in [0.05, 0.1) is 10.6 Å². The van der Waals surface area contributed by atoms with Crippen LogP contribution in [-0.2, 0) is 11.5 Å². The molecule has 0 saturated carbocycles. The highest BCUT2D eigenvalue weighted by atomic mass is 35.5. The summed E-state index contributed by atoms with van der Waals surface area (Å²) in [6.45, 7) is 8.21. The summed E-state index contributed by atoms with van der Waals surface area (Å²) in [5, 5.41) is 10.3. The summed E-state index contributed by atoms with van der Waals surface area (Å²) in [7, 11) is 0. The molecule has 0 bridgehead atoms. The minimum Gasteiger partial charge on any atom is -0.361 e. The number of unbranched alkanes of at least 4 members (excludes halogenated alkanes) is 8. The molecule has 5 heteroatoms. The summed E-state index contributed by atoms with van der Waals surface area (Å²) >= 11 is 6.24. The first-order chi connectivity index (χ1) is 13.9.